The average Bonchev–Trinajstić information content (AvgIpc) is 2.75. The molecule has 1 spiro atoms. The molecule has 21 heavy (non-hydrogen) atoms. The molecule has 0 atom stereocenters. The topological polar surface area (TPSA) is 58.4 Å². The molecule has 1 aliphatic heterocycles. The van der Waals surface area contributed by atoms with Crippen molar-refractivity contribution in [2.75, 3.05) is 18.0 Å². The number of hydrogen-bond donors (Lipinski definition) is 1. The molecule has 0 bridgehead atoms. The number of piperidine rings is 1. The minimum absolute atomic E-state index is 0.372. The first kappa shape index (κ1) is 14.4. The van der Waals surface area contributed by atoms with Gasteiger partial charge in [-0.05, 0) is 38.0 Å². The number of carbonyl (C=O) groups is 1. The Morgan fingerprint density at radius 3 is 2.33 bits per heavy atom. The van der Waals surface area contributed by atoms with Crippen molar-refractivity contribution >= 4 is 11.8 Å². The molecule has 2 heterocycles. The molecule has 1 aromatic rings. The van der Waals surface area contributed by atoms with Gasteiger partial charge in [0.05, 0.1) is 5.69 Å². The maximum absolute atomic E-state index is 11.5. The summed E-state index contributed by atoms with van der Waals surface area (Å²) in [4.78, 5) is 13.7. The van der Waals surface area contributed by atoms with Gasteiger partial charge in [0.2, 0.25) is 0 Å². The molecule has 1 aromatic heterocycles. The van der Waals surface area contributed by atoms with Crippen LogP contribution in [0.15, 0.2) is 0 Å². The fraction of sp³-hybridized carbons (Fsp3) is 0.750. The molecule has 1 N–H and O–H groups in total. The number of carboxylic acids is 1. The molecule has 3 rings (SSSR count). The van der Waals surface area contributed by atoms with E-state index >= 15 is 0 Å². The normalized spacial score (nSPS) is 21.7. The number of anilines is 1. The number of aromatic nitrogens is 2. The number of hydrogen-bond acceptors (Lipinski definition) is 3. The largest absolute Gasteiger partial charge is 0.477 e. The van der Waals surface area contributed by atoms with Crippen molar-refractivity contribution in [1.82, 2.24) is 9.78 Å². The highest BCUT2D eigenvalue weighted by Gasteiger charge is 2.37. The van der Waals surface area contributed by atoms with Gasteiger partial charge in [0, 0.05) is 20.1 Å². The van der Waals surface area contributed by atoms with E-state index < -0.39 is 5.97 Å². The lowest BCUT2D eigenvalue weighted by Gasteiger charge is -2.45. The molecule has 0 aromatic carbocycles. The summed E-state index contributed by atoms with van der Waals surface area (Å²) in [5, 5.41) is 13.8. The SMILES string of the molecule is Cc1nn(C)c(N2CCC3(CCCCC3)CC2)c1C(=O)O. The minimum atomic E-state index is -0.867. The Morgan fingerprint density at radius 2 is 1.76 bits per heavy atom. The molecule has 5 nitrogen and oxygen atoms in total. The van der Waals surface area contributed by atoms with Gasteiger partial charge in [-0.15, -0.1) is 0 Å². The molecule has 0 unspecified atom stereocenters. The van der Waals surface area contributed by atoms with Gasteiger partial charge in [-0.2, -0.15) is 5.10 Å². The van der Waals surface area contributed by atoms with Crippen LogP contribution in [0.3, 0.4) is 0 Å². The van der Waals surface area contributed by atoms with E-state index in [1.807, 2.05) is 7.05 Å². The molecule has 116 valence electrons. The van der Waals surface area contributed by atoms with E-state index in [1.165, 1.54) is 44.9 Å². The van der Waals surface area contributed by atoms with Crippen LogP contribution in [0.1, 0.15) is 61.0 Å². The summed E-state index contributed by atoms with van der Waals surface area (Å²) in [7, 11) is 1.85. The van der Waals surface area contributed by atoms with Crippen molar-refractivity contribution < 1.29 is 9.90 Å². The van der Waals surface area contributed by atoms with Crippen LogP contribution in [0.4, 0.5) is 5.82 Å². The third-order valence-electron chi connectivity index (χ3n) is 5.44. The van der Waals surface area contributed by atoms with E-state index in [0.717, 1.165) is 18.9 Å². The van der Waals surface area contributed by atoms with Gasteiger partial charge in [0.1, 0.15) is 11.4 Å². The van der Waals surface area contributed by atoms with Gasteiger partial charge in [0.25, 0.3) is 0 Å². The fourth-order valence-corrected chi connectivity index (χ4v) is 4.25. The number of nitrogens with zero attached hydrogens (tertiary/aromatic N) is 3. The summed E-state index contributed by atoms with van der Waals surface area (Å²) in [5.74, 6) is -0.0841. The van der Waals surface area contributed by atoms with Gasteiger partial charge in [-0.3, -0.25) is 4.68 Å². The van der Waals surface area contributed by atoms with E-state index in [4.69, 9.17) is 0 Å². The molecule has 1 aliphatic carbocycles. The maximum atomic E-state index is 11.5. The Balaban J connectivity index is 1.79. The van der Waals surface area contributed by atoms with Gasteiger partial charge in [-0.25, -0.2) is 4.79 Å². The van der Waals surface area contributed by atoms with Crippen LogP contribution >= 0.6 is 0 Å². The lowest BCUT2D eigenvalue weighted by atomic mass is 9.68. The highest BCUT2D eigenvalue weighted by atomic mass is 16.4. The van der Waals surface area contributed by atoms with Crippen LogP contribution in [0.2, 0.25) is 0 Å². The third-order valence-corrected chi connectivity index (χ3v) is 5.44. The zero-order valence-electron chi connectivity index (χ0n) is 13.1. The van der Waals surface area contributed by atoms with Crippen molar-refractivity contribution in [3.63, 3.8) is 0 Å². The predicted molar refractivity (Wildman–Crippen MR) is 81.9 cm³/mol. The van der Waals surface area contributed by atoms with E-state index in [2.05, 4.69) is 10.00 Å². The van der Waals surface area contributed by atoms with Gasteiger partial charge in [0.15, 0.2) is 0 Å². The molecule has 2 fully saturated rings. The molecule has 2 aliphatic rings. The highest BCUT2D eigenvalue weighted by molar-refractivity contribution is 5.94. The van der Waals surface area contributed by atoms with Crippen molar-refractivity contribution in [2.24, 2.45) is 12.5 Å². The zero-order valence-corrected chi connectivity index (χ0v) is 13.1. The van der Waals surface area contributed by atoms with Crippen LogP contribution in [-0.4, -0.2) is 33.9 Å². The van der Waals surface area contributed by atoms with Crippen LogP contribution in [0, 0.1) is 12.3 Å². The molecule has 1 saturated carbocycles. The third kappa shape index (κ3) is 2.54. The molecular formula is C16H25N3O2. The van der Waals surface area contributed by atoms with Crippen LogP contribution in [0.25, 0.3) is 0 Å². The van der Waals surface area contributed by atoms with Gasteiger partial charge >= 0.3 is 5.97 Å². The number of aromatic carboxylic acids is 1. The van der Waals surface area contributed by atoms with Crippen molar-refractivity contribution in [2.45, 2.75) is 51.9 Å². The number of carboxylic acid groups (broad SMARTS) is 1. The molecule has 5 heteroatoms. The summed E-state index contributed by atoms with van der Waals surface area (Å²) in [6.45, 7) is 3.69. The van der Waals surface area contributed by atoms with E-state index in [0.29, 0.717) is 16.7 Å². The summed E-state index contributed by atoms with van der Waals surface area (Å²) >= 11 is 0. The van der Waals surface area contributed by atoms with Crippen molar-refractivity contribution in [3.05, 3.63) is 11.3 Å². The highest BCUT2D eigenvalue weighted by Crippen LogP contribution is 2.45. The maximum Gasteiger partial charge on any atom is 0.341 e. The Morgan fingerprint density at radius 1 is 1.14 bits per heavy atom. The monoisotopic (exact) mass is 291 g/mol. The quantitative estimate of drug-likeness (QED) is 0.910. The lowest BCUT2D eigenvalue weighted by Crippen LogP contribution is -2.42. The zero-order chi connectivity index (χ0) is 15.0. The molecule has 1 saturated heterocycles. The van der Waals surface area contributed by atoms with Crippen molar-refractivity contribution in [3.8, 4) is 0 Å². The van der Waals surface area contributed by atoms with Crippen LogP contribution < -0.4 is 4.90 Å². The van der Waals surface area contributed by atoms with Gasteiger partial charge < -0.3 is 10.0 Å². The number of aryl methyl sites for hydroxylation is 2. The van der Waals surface area contributed by atoms with Crippen LogP contribution in [-0.2, 0) is 7.05 Å². The lowest BCUT2D eigenvalue weighted by molar-refractivity contribution is 0.0696. The molecule has 0 amide bonds. The first-order valence-corrected chi connectivity index (χ1v) is 8.04. The molecular weight excluding hydrogens is 266 g/mol. The first-order chi connectivity index (χ1) is 10.0. The second kappa shape index (κ2) is 5.35. The predicted octanol–water partition coefficient (Wildman–Crippen LogP) is 2.98. The molecule has 0 radical (unpaired) electrons. The Hall–Kier alpha value is -1.52. The van der Waals surface area contributed by atoms with Gasteiger partial charge in [-0.1, -0.05) is 19.3 Å². The minimum Gasteiger partial charge on any atom is -0.477 e. The number of rotatable bonds is 2. The standard InChI is InChI=1S/C16H25N3O2/c1-12-13(15(20)21)14(18(2)17-12)19-10-8-16(9-11-19)6-4-3-5-7-16/h3-11H2,1-2H3,(H,20,21). The Bertz CT molecular complexity index is 534. The average molecular weight is 291 g/mol. The van der Waals surface area contributed by atoms with E-state index in [1.54, 1.807) is 11.6 Å². The van der Waals surface area contributed by atoms with Crippen LogP contribution in [0.5, 0.6) is 0 Å². The smallest absolute Gasteiger partial charge is 0.341 e. The summed E-state index contributed by atoms with van der Waals surface area (Å²) < 4.78 is 1.73. The summed E-state index contributed by atoms with van der Waals surface area (Å²) in [6.07, 6.45) is 9.21. The first-order valence-electron chi connectivity index (χ1n) is 8.04. The second-order valence-corrected chi connectivity index (χ2v) is 6.76. The summed E-state index contributed by atoms with van der Waals surface area (Å²) in [6, 6.07) is 0. The Labute approximate surface area is 125 Å². The summed E-state index contributed by atoms with van der Waals surface area (Å²) in [5.41, 5.74) is 1.52. The van der Waals surface area contributed by atoms with E-state index in [9.17, 15) is 9.90 Å². The Kier molecular flexibility index (Phi) is 3.68. The van der Waals surface area contributed by atoms with E-state index in [-0.39, 0.29) is 0 Å². The van der Waals surface area contributed by atoms with Crippen molar-refractivity contribution in [1.29, 1.82) is 0 Å². The fourth-order valence-electron chi connectivity index (χ4n) is 4.25. The second-order valence-electron chi connectivity index (χ2n) is 6.76.